The molecule has 0 aromatic carbocycles. The molecule has 4 nitrogen and oxygen atoms in total. The van der Waals surface area contributed by atoms with Gasteiger partial charge in [-0.25, -0.2) is 0 Å². The first-order valence-electron chi connectivity index (χ1n) is 1.64. The van der Waals surface area contributed by atoms with Crippen LogP contribution in [0.15, 0.2) is 0 Å². The first-order chi connectivity index (χ1) is 2.77. The Labute approximate surface area is 35.9 Å². The Hall–Kier alpha value is -0.160. The fourth-order valence-electron chi connectivity index (χ4n) is 0.114. The average Bonchev–Trinajstić information content (AvgIpc) is 1.35. The van der Waals surface area contributed by atoms with E-state index in [9.17, 15) is 0 Å². The highest BCUT2D eigenvalue weighted by atomic mass is 16.5. The van der Waals surface area contributed by atoms with E-state index in [4.69, 9.17) is 10.3 Å². The molecule has 0 spiro atoms. The highest BCUT2D eigenvalue weighted by Crippen LogP contribution is 1.21. The van der Waals surface area contributed by atoms with Crippen molar-refractivity contribution < 1.29 is 15.5 Å². The van der Waals surface area contributed by atoms with Crippen LogP contribution in [0.2, 0.25) is 0 Å². The molecule has 6 heavy (non-hydrogen) atoms. The Bertz CT molecular complexity index is 30.7. The molecule has 0 aliphatic heterocycles. The van der Waals surface area contributed by atoms with Gasteiger partial charge in [0.15, 0.2) is 0 Å². The molecule has 0 radical (unpaired) electrons. The van der Waals surface area contributed by atoms with E-state index in [0.29, 0.717) is 0 Å². The van der Waals surface area contributed by atoms with Gasteiger partial charge >= 0.3 is 0 Å². The van der Waals surface area contributed by atoms with Crippen LogP contribution in [0.3, 0.4) is 0 Å². The monoisotopic (exact) mass is 93.1 g/mol. The summed E-state index contributed by atoms with van der Waals surface area (Å²) in [6.45, 7) is -0.206. The molecule has 1 unspecified atom stereocenters. The van der Waals surface area contributed by atoms with Crippen LogP contribution < -0.4 is 10.6 Å². The Morgan fingerprint density at radius 1 is 1.83 bits per heavy atom. The van der Waals surface area contributed by atoms with Gasteiger partial charge in [-0.15, -0.1) is 10.6 Å². The van der Waals surface area contributed by atoms with Crippen LogP contribution in [0.5, 0.6) is 0 Å². The zero-order valence-corrected chi connectivity index (χ0v) is 3.60. The molecular weight excluding hydrogens is 84.0 g/mol. The summed E-state index contributed by atoms with van der Waals surface area (Å²) in [6.07, 6.45) is 0. The second-order valence-corrected chi connectivity index (χ2v) is 0.920. The molecule has 0 saturated carbocycles. The van der Waals surface area contributed by atoms with Crippen molar-refractivity contribution in [2.45, 2.75) is 0 Å². The predicted molar refractivity (Wildman–Crippen MR) is 18.9 cm³/mol. The number of hydrogen-bond acceptors (Lipinski definition) is 3. The minimum atomic E-state index is -0.206. The van der Waals surface area contributed by atoms with E-state index in [1.165, 1.54) is 7.05 Å². The number of hydroxylamine groups is 1. The molecule has 4 heteroatoms. The highest BCUT2D eigenvalue weighted by Gasteiger charge is 1.84. The van der Waals surface area contributed by atoms with Crippen LogP contribution in [0, 0.1) is 0 Å². The number of nitrogens with one attached hydrogen (secondary N) is 2. The Morgan fingerprint density at radius 2 is 2.33 bits per heavy atom. The van der Waals surface area contributed by atoms with Crippen molar-refractivity contribution in [1.29, 1.82) is 0 Å². The maximum absolute atomic E-state index is 8.20. The minimum Gasteiger partial charge on any atom is -0.376 e. The number of aliphatic hydroxyl groups excluding tert-OH is 1. The Balaban J connectivity index is 2.63. The number of rotatable bonds is 2. The lowest BCUT2D eigenvalue weighted by molar-refractivity contribution is -1.11. The Morgan fingerprint density at radius 3 is 2.33 bits per heavy atom. The molecule has 0 aromatic heterocycles. The largest absolute Gasteiger partial charge is 0.376 e. The summed E-state index contributed by atoms with van der Waals surface area (Å²) in [5.74, 6) is 0. The molecule has 0 heterocycles. The fraction of sp³-hybridized carbons (Fsp3) is 1.00. The van der Waals surface area contributed by atoms with Gasteiger partial charge in [-0.05, 0) is 0 Å². The average molecular weight is 93.1 g/mol. The Kier molecular flexibility index (Phi) is 2.97. The number of hydrogen-bond donors (Lipinski definition) is 4. The lowest BCUT2D eigenvalue weighted by atomic mass is 11.3. The molecule has 1 atom stereocenters. The smallest absolute Gasteiger partial charge is 0.142 e. The maximum atomic E-state index is 8.20. The van der Waals surface area contributed by atoms with E-state index < -0.39 is 0 Å². The molecule has 0 saturated heterocycles. The van der Waals surface area contributed by atoms with Crippen molar-refractivity contribution in [2.75, 3.05) is 13.8 Å². The summed E-state index contributed by atoms with van der Waals surface area (Å²) in [5.41, 5.74) is 2.24. The molecule has 0 amide bonds. The second kappa shape index (κ2) is 3.05. The molecule has 0 rings (SSSR count). The van der Waals surface area contributed by atoms with Gasteiger partial charge in [-0.1, -0.05) is 0 Å². The minimum absolute atomic E-state index is 0.0394. The van der Waals surface area contributed by atoms with Gasteiger partial charge in [-0.3, -0.25) is 0 Å². The summed E-state index contributed by atoms with van der Waals surface area (Å²) in [5, 5.41) is 16.2. The summed E-state index contributed by atoms with van der Waals surface area (Å²) >= 11 is 0. The van der Waals surface area contributed by atoms with Gasteiger partial charge < -0.3 is 5.11 Å². The predicted octanol–water partition coefficient (Wildman–Crippen LogP) is -2.66. The van der Waals surface area contributed by atoms with Crippen LogP contribution >= 0.6 is 0 Å². The van der Waals surface area contributed by atoms with Crippen LogP contribution in [0.25, 0.3) is 0 Å². The van der Waals surface area contributed by atoms with Gasteiger partial charge in [0, 0.05) is 0 Å². The summed E-state index contributed by atoms with van der Waals surface area (Å²) in [6, 6.07) is 0. The molecule has 0 aliphatic rings. The van der Waals surface area contributed by atoms with E-state index in [0.717, 1.165) is 0 Å². The maximum Gasteiger partial charge on any atom is 0.142 e. The second-order valence-electron chi connectivity index (χ2n) is 0.920. The lowest BCUT2D eigenvalue weighted by Gasteiger charge is -1.98. The molecular formula is C2H9N2O2+. The molecule has 0 fully saturated rings. The van der Waals surface area contributed by atoms with E-state index in [-0.39, 0.29) is 11.9 Å². The van der Waals surface area contributed by atoms with Crippen LogP contribution in [-0.4, -0.2) is 24.1 Å². The summed E-state index contributed by atoms with van der Waals surface area (Å²) in [7, 11) is 1.45. The van der Waals surface area contributed by atoms with Crippen molar-refractivity contribution in [1.82, 2.24) is 5.43 Å². The zero-order chi connectivity index (χ0) is 4.99. The SMILES string of the molecule is C[NH+](O)NCO. The highest BCUT2D eigenvalue weighted by molar-refractivity contribution is 3.86. The molecule has 0 aliphatic carbocycles. The number of quaternary nitrogens is 1. The van der Waals surface area contributed by atoms with Gasteiger partial charge in [0.05, 0.1) is 0 Å². The summed E-state index contributed by atoms with van der Waals surface area (Å²) in [4.78, 5) is 0. The lowest BCUT2D eigenvalue weighted by Crippen LogP contribution is -3.13. The van der Waals surface area contributed by atoms with Gasteiger partial charge in [-0.2, -0.15) is 5.21 Å². The molecule has 38 valence electrons. The third-order valence-electron chi connectivity index (χ3n) is 0.335. The fourth-order valence-corrected chi connectivity index (χ4v) is 0.114. The first kappa shape index (κ1) is 5.84. The van der Waals surface area contributed by atoms with E-state index in [2.05, 4.69) is 5.43 Å². The van der Waals surface area contributed by atoms with E-state index in [1.807, 2.05) is 0 Å². The third kappa shape index (κ3) is 3.84. The normalized spacial score (nSPS) is 14.5. The molecule has 4 N–H and O–H groups in total. The van der Waals surface area contributed by atoms with Crippen molar-refractivity contribution in [2.24, 2.45) is 0 Å². The standard InChI is InChI=1S/C2H8N2O2/c1-4(6)3-2-5/h3,5-6H,2H2,1H3/p+1. The van der Waals surface area contributed by atoms with Gasteiger partial charge in [0.2, 0.25) is 0 Å². The van der Waals surface area contributed by atoms with E-state index >= 15 is 0 Å². The van der Waals surface area contributed by atoms with Crippen LogP contribution in [-0.2, 0) is 0 Å². The van der Waals surface area contributed by atoms with Crippen molar-refractivity contribution in [3.8, 4) is 0 Å². The van der Waals surface area contributed by atoms with E-state index in [1.54, 1.807) is 0 Å². The topological polar surface area (TPSA) is 56.9 Å². The summed E-state index contributed by atoms with van der Waals surface area (Å²) < 4.78 is 0. The third-order valence-corrected chi connectivity index (χ3v) is 0.335. The van der Waals surface area contributed by atoms with Crippen molar-refractivity contribution in [3.63, 3.8) is 0 Å². The van der Waals surface area contributed by atoms with Crippen molar-refractivity contribution in [3.05, 3.63) is 0 Å². The van der Waals surface area contributed by atoms with Gasteiger partial charge in [0.25, 0.3) is 0 Å². The quantitative estimate of drug-likeness (QED) is 0.223. The van der Waals surface area contributed by atoms with Gasteiger partial charge in [0.1, 0.15) is 13.8 Å². The first-order valence-corrected chi connectivity index (χ1v) is 1.64. The number of aliphatic hydroxyl groups is 1. The molecule has 0 bridgehead atoms. The van der Waals surface area contributed by atoms with Crippen LogP contribution in [0.4, 0.5) is 0 Å². The zero-order valence-electron chi connectivity index (χ0n) is 3.60. The van der Waals surface area contributed by atoms with Crippen LogP contribution in [0.1, 0.15) is 0 Å². The van der Waals surface area contributed by atoms with Crippen molar-refractivity contribution >= 4 is 0 Å². The molecule has 0 aromatic rings.